The Morgan fingerprint density at radius 2 is 2.22 bits per heavy atom. The van der Waals surface area contributed by atoms with E-state index in [1.807, 2.05) is 24.3 Å². The van der Waals surface area contributed by atoms with Crippen molar-refractivity contribution in [2.45, 2.75) is 6.54 Å². The highest BCUT2D eigenvalue weighted by molar-refractivity contribution is 7.80. The third-order valence-corrected chi connectivity index (χ3v) is 3.30. The highest BCUT2D eigenvalue weighted by atomic mass is 32.1. The smallest absolute Gasteiger partial charge is 0.307 e. The van der Waals surface area contributed by atoms with Crippen molar-refractivity contribution in [1.29, 1.82) is 0 Å². The minimum absolute atomic E-state index is 0.0150. The molecule has 4 nitrogen and oxygen atoms in total. The van der Waals surface area contributed by atoms with Gasteiger partial charge in [0.25, 0.3) is 0 Å². The Balaban J connectivity index is 2.01. The highest BCUT2D eigenvalue weighted by Crippen LogP contribution is 2.17. The van der Waals surface area contributed by atoms with Gasteiger partial charge in [-0.25, -0.2) is 0 Å². The van der Waals surface area contributed by atoms with E-state index in [1.54, 1.807) is 16.1 Å². The molecule has 0 unspecified atom stereocenters. The Kier molecular flexibility index (Phi) is 4.11. The van der Waals surface area contributed by atoms with Crippen molar-refractivity contribution in [3.8, 4) is 5.75 Å². The van der Waals surface area contributed by atoms with Crippen molar-refractivity contribution in [3.63, 3.8) is 0 Å². The number of para-hydroxylation sites is 1. The quantitative estimate of drug-likeness (QED) is 0.846. The number of ether oxygens (including phenoxy) is 1. The average Bonchev–Trinajstić information content (AvgIpc) is 2.76. The summed E-state index contributed by atoms with van der Waals surface area (Å²) in [5, 5.41) is 1.76. The Bertz CT molecular complexity index is 604. The number of nitrogens with two attached hydrogens (primary N) is 1. The molecule has 0 radical (unpaired) electrons. The summed E-state index contributed by atoms with van der Waals surface area (Å²) in [5.74, 6) is 0.647. The average molecular weight is 280 g/mol. The molecule has 18 heavy (non-hydrogen) atoms. The summed E-state index contributed by atoms with van der Waals surface area (Å²) in [6, 6.07) is 7.33. The number of hydrogen-bond acceptors (Lipinski definition) is 4. The van der Waals surface area contributed by atoms with Crippen molar-refractivity contribution in [2.75, 3.05) is 6.61 Å². The molecule has 0 aliphatic heterocycles. The summed E-state index contributed by atoms with van der Waals surface area (Å²) < 4.78 is 7.21. The molecule has 6 heteroatoms. The van der Waals surface area contributed by atoms with E-state index in [1.165, 1.54) is 11.3 Å². The molecule has 1 aromatic heterocycles. The third kappa shape index (κ3) is 2.96. The van der Waals surface area contributed by atoms with E-state index in [4.69, 9.17) is 22.7 Å². The molecule has 0 saturated heterocycles. The predicted molar refractivity (Wildman–Crippen MR) is 76.4 cm³/mol. The van der Waals surface area contributed by atoms with Gasteiger partial charge in [-0.05, 0) is 12.1 Å². The summed E-state index contributed by atoms with van der Waals surface area (Å²) in [4.78, 5) is 11.6. The molecular formula is C12H12N2O2S2. The van der Waals surface area contributed by atoms with E-state index in [0.717, 1.165) is 0 Å². The molecule has 94 valence electrons. The van der Waals surface area contributed by atoms with Gasteiger partial charge in [-0.1, -0.05) is 35.7 Å². The monoisotopic (exact) mass is 280 g/mol. The number of benzene rings is 1. The molecule has 0 atom stereocenters. The topological polar surface area (TPSA) is 57.2 Å². The molecule has 0 spiro atoms. The molecule has 0 saturated carbocycles. The number of hydrogen-bond donors (Lipinski definition) is 1. The van der Waals surface area contributed by atoms with Gasteiger partial charge in [-0.15, -0.1) is 0 Å². The molecule has 0 bridgehead atoms. The van der Waals surface area contributed by atoms with Crippen LogP contribution in [0.2, 0.25) is 0 Å². The second kappa shape index (κ2) is 5.79. The summed E-state index contributed by atoms with van der Waals surface area (Å²) in [5.41, 5.74) is 6.32. The molecule has 0 amide bonds. The number of thiazole rings is 1. The van der Waals surface area contributed by atoms with Gasteiger partial charge in [-0.3, -0.25) is 4.79 Å². The lowest BCUT2D eigenvalue weighted by Crippen LogP contribution is -2.18. The molecule has 2 rings (SSSR count). The first-order valence-corrected chi connectivity index (χ1v) is 6.63. The maximum atomic E-state index is 11.3. The van der Waals surface area contributed by atoms with E-state index in [-0.39, 0.29) is 4.87 Å². The van der Waals surface area contributed by atoms with Crippen molar-refractivity contribution >= 4 is 28.5 Å². The molecule has 0 fully saturated rings. The predicted octanol–water partition coefficient (Wildman–Crippen LogP) is 1.62. The van der Waals surface area contributed by atoms with Gasteiger partial charge < -0.3 is 15.0 Å². The fourth-order valence-electron chi connectivity index (χ4n) is 1.51. The molecule has 0 aliphatic rings. The molecule has 2 N–H and O–H groups in total. The highest BCUT2D eigenvalue weighted by Gasteiger charge is 2.05. The summed E-state index contributed by atoms with van der Waals surface area (Å²) >= 11 is 6.11. The number of rotatable bonds is 5. The summed E-state index contributed by atoms with van der Waals surface area (Å²) in [7, 11) is 0. The summed E-state index contributed by atoms with van der Waals surface area (Å²) in [6.07, 6.45) is 1.75. The van der Waals surface area contributed by atoms with Crippen LogP contribution in [0.4, 0.5) is 0 Å². The second-order valence-corrected chi connectivity index (χ2v) is 4.87. The lowest BCUT2D eigenvalue weighted by atomic mass is 10.2. The van der Waals surface area contributed by atoms with Gasteiger partial charge in [0.05, 0.1) is 12.1 Å². The standard InChI is InChI=1S/C12H12N2O2S2/c13-11(17)9-3-1-2-4-10(9)16-7-5-14-6-8-18-12(14)15/h1-4,6,8H,5,7H2,(H2,13,17). The first-order valence-electron chi connectivity index (χ1n) is 5.34. The minimum Gasteiger partial charge on any atom is -0.491 e. The van der Waals surface area contributed by atoms with Crippen molar-refractivity contribution in [3.05, 3.63) is 51.1 Å². The van der Waals surface area contributed by atoms with E-state index in [0.29, 0.717) is 29.5 Å². The van der Waals surface area contributed by atoms with Crippen LogP contribution in [0.25, 0.3) is 0 Å². The maximum Gasteiger partial charge on any atom is 0.307 e. The zero-order valence-electron chi connectivity index (χ0n) is 9.54. The Morgan fingerprint density at radius 1 is 1.44 bits per heavy atom. The van der Waals surface area contributed by atoms with Crippen LogP contribution in [0.5, 0.6) is 5.75 Å². The van der Waals surface area contributed by atoms with Gasteiger partial charge in [0.2, 0.25) is 0 Å². The molecule has 1 heterocycles. The number of thiocarbonyl (C=S) groups is 1. The Hall–Kier alpha value is -1.66. The van der Waals surface area contributed by atoms with Crippen LogP contribution in [0.1, 0.15) is 5.56 Å². The van der Waals surface area contributed by atoms with E-state index in [2.05, 4.69) is 0 Å². The van der Waals surface area contributed by atoms with Crippen LogP contribution in [-0.2, 0) is 6.54 Å². The van der Waals surface area contributed by atoms with E-state index in [9.17, 15) is 4.79 Å². The van der Waals surface area contributed by atoms with Gasteiger partial charge in [-0.2, -0.15) is 0 Å². The SMILES string of the molecule is NC(=S)c1ccccc1OCCn1ccsc1=O. The minimum atomic E-state index is 0.0150. The first kappa shape index (κ1) is 12.8. The molecule has 1 aromatic carbocycles. The van der Waals surface area contributed by atoms with Crippen LogP contribution in [0.3, 0.4) is 0 Å². The van der Waals surface area contributed by atoms with Crippen LogP contribution >= 0.6 is 23.6 Å². The number of aromatic nitrogens is 1. The fourth-order valence-corrected chi connectivity index (χ4v) is 2.29. The van der Waals surface area contributed by atoms with Crippen LogP contribution in [0, 0.1) is 0 Å². The lowest BCUT2D eigenvalue weighted by molar-refractivity contribution is 0.297. The second-order valence-electron chi connectivity index (χ2n) is 3.57. The summed E-state index contributed by atoms with van der Waals surface area (Å²) in [6.45, 7) is 0.907. The normalized spacial score (nSPS) is 10.2. The van der Waals surface area contributed by atoms with Gasteiger partial charge in [0.1, 0.15) is 17.3 Å². The van der Waals surface area contributed by atoms with Crippen LogP contribution in [-0.4, -0.2) is 16.2 Å². The van der Waals surface area contributed by atoms with Crippen molar-refractivity contribution in [1.82, 2.24) is 4.57 Å². The Labute approximate surface area is 114 Å². The third-order valence-electron chi connectivity index (χ3n) is 2.39. The van der Waals surface area contributed by atoms with E-state index >= 15 is 0 Å². The Morgan fingerprint density at radius 3 is 2.89 bits per heavy atom. The molecule has 2 aromatic rings. The van der Waals surface area contributed by atoms with E-state index < -0.39 is 0 Å². The largest absolute Gasteiger partial charge is 0.491 e. The van der Waals surface area contributed by atoms with Gasteiger partial charge in [0, 0.05) is 11.6 Å². The first-order chi connectivity index (χ1) is 8.68. The van der Waals surface area contributed by atoms with Crippen LogP contribution in [0.15, 0.2) is 40.6 Å². The molecular weight excluding hydrogens is 268 g/mol. The van der Waals surface area contributed by atoms with Gasteiger partial charge >= 0.3 is 4.87 Å². The lowest BCUT2D eigenvalue weighted by Gasteiger charge is -2.10. The van der Waals surface area contributed by atoms with Crippen molar-refractivity contribution < 1.29 is 4.74 Å². The zero-order chi connectivity index (χ0) is 13.0. The van der Waals surface area contributed by atoms with Crippen LogP contribution < -0.4 is 15.3 Å². The zero-order valence-corrected chi connectivity index (χ0v) is 11.2. The fraction of sp³-hybridized carbons (Fsp3) is 0.167. The van der Waals surface area contributed by atoms with Gasteiger partial charge in [0.15, 0.2) is 0 Å². The number of nitrogens with zero attached hydrogens (tertiary/aromatic N) is 1. The molecule has 0 aliphatic carbocycles. The van der Waals surface area contributed by atoms with Crippen molar-refractivity contribution in [2.24, 2.45) is 5.73 Å². The maximum absolute atomic E-state index is 11.3.